The van der Waals surface area contributed by atoms with Crippen LogP contribution in [0.25, 0.3) is 0 Å². The van der Waals surface area contributed by atoms with Crippen LogP contribution in [0.4, 0.5) is 0 Å². The fourth-order valence-electron chi connectivity index (χ4n) is 2.47. The Hall–Kier alpha value is -1.15. The number of nitrogens with zero attached hydrogens (tertiary/aromatic N) is 2. The SMILES string of the molecule is CCCC[N+]1(C)CCN=C1Cc1ccccc1. The number of hydrogen-bond acceptors (Lipinski definition) is 1. The predicted molar refractivity (Wildman–Crippen MR) is 73.3 cm³/mol. The predicted octanol–water partition coefficient (Wildman–Crippen LogP) is 2.89. The van der Waals surface area contributed by atoms with Crippen molar-refractivity contribution in [2.45, 2.75) is 26.2 Å². The summed E-state index contributed by atoms with van der Waals surface area (Å²) in [5.74, 6) is 1.37. The van der Waals surface area contributed by atoms with E-state index in [1.165, 1.54) is 37.3 Å². The number of aliphatic imine (C=N–C) groups is 1. The van der Waals surface area contributed by atoms with Gasteiger partial charge in [0.2, 0.25) is 5.84 Å². The molecule has 0 saturated carbocycles. The van der Waals surface area contributed by atoms with Gasteiger partial charge < -0.3 is 0 Å². The highest BCUT2D eigenvalue weighted by Crippen LogP contribution is 2.17. The molecule has 0 bridgehead atoms. The Morgan fingerprint density at radius 1 is 1.24 bits per heavy atom. The van der Waals surface area contributed by atoms with Crippen LogP contribution in [0.5, 0.6) is 0 Å². The first-order valence-electron chi connectivity index (χ1n) is 6.67. The molecule has 0 saturated heterocycles. The Morgan fingerprint density at radius 2 is 2.00 bits per heavy atom. The van der Waals surface area contributed by atoms with Gasteiger partial charge in [0.05, 0.1) is 26.6 Å². The minimum atomic E-state index is 1.00. The van der Waals surface area contributed by atoms with Crippen molar-refractivity contribution < 1.29 is 4.48 Å². The highest BCUT2D eigenvalue weighted by atomic mass is 15.4. The van der Waals surface area contributed by atoms with Crippen LogP contribution in [0.15, 0.2) is 35.3 Å². The highest BCUT2D eigenvalue weighted by molar-refractivity contribution is 5.79. The number of benzene rings is 1. The molecule has 0 aliphatic carbocycles. The van der Waals surface area contributed by atoms with Crippen LogP contribution in [0.3, 0.4) is 0 Å². The summed E-state index contributed by atoms with van der Waals surface area (Å²) in [6, 6.07) is 10.7. The molecule has 1 atom stereocenters. The molecule has 1 unspecified atom stereocenters. The second-order valence-corrected chi connectivity index (χ2v) is 5.16. The van der Waals surface area contributed by atoms with Crippen LogP contribution < -0.4 is 0 Å². The van der Waals surface area contributed by atoms with E-state index in [9.17, 15) is 0 Å². The molecule has 1 aromatic carbocycles. The van der Waals surface area contributed by atoms with E-state index in [0.29, 0.717) is 0 Å². The lowest BCUT2D eigenvalue weighted by Gasteiger charge is -2.30. The molecule has 1 aliphatic rings. The van der Waals surface area contributed by atoms with E-state index in [0.717, 1.165) is 17.4 Å². The smallest absolute Gasteiger partial charge is 0.202 e. The average molecular weight is 231 g/mol. The number of quaternary nitrogens is 1. The summed E-state index contributed by atoms with van der Waals surface area (Å²) in [6.07, 6.45) is 3.58. The Balaban J connectivity index is 2.05. The molecule has 2 nitrogen and oxygen atoms in total. The van der Waals surface area contributed by atoms with Gasteiger partial charge >= 0.3 is 0 Å². The zero-order valence-corrected chi connectivity index (χ0v) is 11.0. The van der Waals surface area contributed by atoms with E-state index in [4.69, 9.17) is 4.99 Å². The summed E-state index contributed by atoms with van der Waals surface area (Å²) in [6.45, 7) is 5.68. The molecule has 2 rings (SSSR count). The number of unbranched alkanes of at least 4 members (excludes halogenated alkanes) is 1. The Kier molecular flexibility index (Phi) is 3.95. The second kappa shape index (κ2) is 5.46. The molecular formula is C15H23N2+. The molecule has 17 heavy (non-hydrogen) atoms. The summed E-state index contributed by atoms with van der Waals surface area (Å²) >= 11 is 0. The van der Waals surface area contributed by atoms with Crippen molar-refractivity contribution in [3.05, 3.63) is 35.9 Å². The van der Waals surface area contributed by atoms with Crippen molar-refractivity contribution in [3.63, 3.8) is 0 Å². The third kappa shape index (κ3) is 2.95. The normalized spacial score (nSPS) is 23.8. The van der Waals surface area contributed by atoms with Crippen LogP contribution in [0.1, 0.15) is 25.3 Å². The molecular weight excluding hydrogens is 208 g/mol. The summed E-state index contributed by atoms with van der Waals surface area (Å²) in [7, 11) is 2.34. The fourth-order valence-corrected chi connectivity index (χ4v) is 2.47. The molecule has 0 aromatic heterocycles. The van der Waals surface area contributed by atoms with E-state index in [2.05, 4.69) is 44.3 Å². The van der Waals surface area contributed by atoms with Gasteiger partial charge in [0.15, 0.2) is 0 Å². The Bertz CT molecular complexity index is 383. The molecule has 0 radical (unpaired) electrons. The van der Waals surface area contributed by atoms with Gasteiger partial charge in [-0.15, -0.1) is 0 Å². The van der Waals surface area contributed by atoms with E-state index in [1.807, 2.05) is 0 Å². The number of hydrogen-bond donors (Lipinski definition) is 0. The second-order valence-electron chi connectivity index (χ2n) is 5.16. The number of amidine groups is 1. The quantitative estimate of drug-likeness (QED) is 0.691. The first-order chi connectivity index (χ1) is 8.24. The number of likely N-dealkylation sites (N-methyl/N-ethyl adjacent to an activating group) is 1. The molecule has 1 aliphatic heterocycles. The monoisotopic (exact) mass is 231 g/mol. The lowest BCUT2D eigenvalue weighted by atomic mass is 10.1. The zero-order valence-electron chi connectivity index (χ0n) is 11.0. The van der Waals surface area contributed by atoms with Crippen LogP contribution in [0.2, 0.25) is 0 Å². The first-order valence-corrected chi connectivity index (χ1v) is 6.67. The van der Waals surface area contributed by atoms with E-state index in [1.54, 1.807) is 0 Å². The van der Waals surface area contributed by atoms with Crippen LogP contribution >= 0.6 is 0 Å². The summed E-state index contributed by atoms with van der Waals surface area (Å²) in [5, 5.41) is 0. The maximum absolute atomic E-state index is 4.73. The molecule has 1 aromatic rings. The van der Waals surface area contributed by atoms with Gasteiger partial charge in [0, 0.05) is 0 Å². The van der Waals surface area contributed by atoms with E-state index >= 15 is 0 Å². The van der Waals surface area contributed by atoms with Crippen LogP contribution in [0, 0.1) is 0 Å². The summed E-state index contributed by atoms with van der Waals surface area (Å²) < 4.78 is 1.06. The standard InChI is InChI=1S/C15H23N2/c1-3-4-11-17(2)12-10-16-15(17)13-14-8-6-5-7-9-14/h5-9H,3-4,10-13H2,1-2H3/q+1. The van der Waals surface area contributed by atoms with Gasteiger partial charge in [-0.1, -0.05) is 43.7 Å². The number of rotatable bonds is 5. The van der Waals surface area contributed by atoms with Gasteiger partial charge in [0.25, 0.3) is 0 Å². The largest absolute Gasteiger partial charge is 0.279 e. The highest BCUT2D eigenvalue weighted by Gasteiger charge is 2.32. The van der Waals surface area contributed by atoms with Gasteiger partial charge in [-0.05, 0) is 12.0 Å². The molecule has 1 heterocycles. The van der Waals surface area contributed by atoms with E-state index in [-0.39, 0.29) is 0 Å². The average Bonchev–Trinajstić information content (AvgIpc) is 2.70. The van der Waals surface area contributed by atoms with Crippen molar-refractivity contribution in [2.24, 2.45) is 4.99 Å². The van der Waals surface area contributed by atoms with Crippen LogP contribution in [-0.2, 0) is 6.42 Å². The summed E-state index contributed by atoms with van der Waals surface area (Å²) in [5.41, 5.74) is 1.38. The minimum Gasteiger partial charge on any atom is -0.279 e. The molecule has 0 spiro atoms. The summed E-state index contributed by atoms with van der Waals surface area (Å²) in [4.78, 5) is 4.73. The van der Waals surface area contributed by atoms with Gasteiger partial charge in [-0.2, -0.15) is 0 Å². The van der Waals surface area contributed by atoms with Crippen LogP contribution in [-0.4, -0.2) is 37.0 Å². The van der Waals surface area contributed by atoms with Gasteiger partial charge in [-0.3, -0.25) is 4.48 Å². The lowest BCUT2D eigenvalue weighted by molar-refractivity contribution is -0.815. The third-order valence-corrected chi connectivity index (χ3v) is 3.72. The molecule has 2 heteroatoms. The van der Waals surface area contributed by atoms with Crippen molar-refractivity contribution in [3.8, 4) is 0 Å². The van der Waals surface area contributed by atoms with Crippen molar-refractivity contribution >= 4 is 5.84 Å². The molecule has 0 amide bonds. The Labute approximate surface area is 105 Å². The van der Waals surface area contributed by atoms with Crippen molar-refractivity contribution in [2.75, 3.05) is 26.7 Å². The van der Waals surface area contributed by atoms with Crippen molar-refractivity contribution in [1.29, 1.82) is 0 Å². The lowest BCUT2D eigenvalue weighted by Crippen LogP contribution is -2.48. The maximum Gasteiger partial charge on any atom is 0.202 e. The third-order valence-electron chi connectivity index (χ3n) is 3.72. The topological polar surface area (TPSA) is 12.4 Å². The molecule has 0 fully saturated rings. The Morgan fingerprint density at radius 3 is 2.71 bits per heavy atom. The van der Waals surface area contributed by atoms with Gasteiger partial charge in [0.1, 0.15) is 6.54 Å². The maximum atomic E-state index is 4.73. The van der Waals surface area contributed by atoms with E-state index < -0.39 is 0 Å². The van der Waals surface area contributed by atoms with Crippen molar-refractivity contribution in [1.82, 2.24) is 0 Å². The first kappa shape index (κ1) is 12.3. The molecule has 92 valence electrons. The fraction of sp³-hybridized carbons (Fsp3) is 0.533. The van der Waals surface area contributed by atoms with Gasteiger partial charge in [-0.25, -0.2) is 4.99 Å². The molecule has 0 N–H and O–H groups in total. The minimum absolute atomic E-state index is 1.00. The zero-order chi connectivity index (χ0) is 12.1.